The van der Waals surface area contributed by atoms with Crippen molar-refractivity contribution in [2.24, 2.45) is 0 Å². The third kappa shape index (κ3) is 14.4. The molecule has 2 heterocycles. The molecule has 2 aliphatic rings. The van der Waals surface area contributed by atoms with Gasteiger partial charge in [-0.1, -0.05) is 70.9 Å². The first-order valence-electron chi connectivity index (χ1n) is 19.1. The van der Waals surface area contributed by atoms with Crippen molar-refractivity contribution in [3.8, 4) is 0 Å². The van der Waals surface area contributed by atoms with E-state index >= 15 is 0 Å². The minimum absolute atomic E-state index is 0. The third-order valence-corrected chi connectivity index (χ3v) is 10.5. The van der Waals surface area contributed by atoms with Crippen molar-refractivity contribution < 1.29 is 37.4 Å². The van der Waals surface area contributed by atoms with E-state index in [1.54, 1.807) is 15.9 Å². The van der Waals surface area contributed by atoms with Gasteiger partial charge in [0.2, 0.25) is 0 Å². The van der Waals surface area contributed by atoms with Crippen LogP contribution in [0.5, 0.6) is 0 Å². The fourth-order valence-corrected chi connectivity index (χ4v) is 6.46. The van der Waals surface area contributed by atoms with Crippen molar-refractivity contribution in [1.82, 2.24) is 19.6 Å². The summed E-state index contributed by atoms with van der Waals surface area (Å²) in [7, 11) is 6.62. The molecule has 324 valence electrons. The maximum Gasteiger partial charge on any atom is 0.337 e. The predicted octanol–water partition coefficient (Wildman–Crippen LogP) is 8.21. The Morgan fingerprint density at radius 1 is 0.650 bits per heavy atom. The number of methoxy groups -OCH3 is 2. The SMILES string of the molecule is C.COC(=O)c1ccc(CBr)c(F)c1.COC(=O)c1ccc(CN(C(=O)N2CCN(C)CC2)c2ccc(C)cc2)c(F)c1.Cc1ccc(NC(=O)N2CCN(C)CC2)cc1. The van der Waals surface area contributed by atoms with Crippen molar-refractivity contribution in [3.05, 3.63) is 130 Å². The summed E-state index contributed by atoms with van der Waals surface area (Å²) >= 11 is 3.13. The maximum atomic E-state index is 14.7. The molecule has 60 heavy (non-hydrogen) atoms. The van der Waals surface area contributed by atoms with E-state index in [0.29, 0.717) is 35.2 Å². The van der Waals surface area contributed by atoms with Gasteiger partial charge >= 0.3 is 24.0 Å². The van der Waals surface area contributed by atoms with Crippen LogP contribution in [0.1, 0.15) is 50.4 Å². The Balaban J connectivity index is 0.000000263. The van der Waals surface area contributed by atoms with E-state index in [4.69, 9.17) is 0 Å². The average Bonchev–Trinajstić information content (AvgIpc) is 3.24. The number of urea groups is 2. The Hall–Kier alpha value is -5.38. The van der Waals surface area contributed by atoms with Crippen molar-refractivity contribution in [2.45, 2.75) is 33.1 Å². The number of hydrogen-bond donors (Lipinski definition) is 1. The summed E-state index contributed by atoms with van der Waals surface area (Å²) in [5.41, 5.74) is 5.06. The van der Waals surface area contributed by atoms with Gasteiger partial charge in [0, 0.05) is 74.6 Å². The number of carbonyl (C=O) groups excluding carboxylic acids is 4. The van der Waals surface area contributed by atoms with Crippen LogP contribution in [0, 0.1) is 25.5 Å². The van der Waals surface area contributed by atoms with Gasteiger partial charge in [-0.25, -0.2) is 28.0 Å². The molecular formula is C45H57BrF2N6O6. The summed E-state index contributed by atoms with van der Waals surface area (Å²) in [5, 5.41) is 3.35. The fourth-order valence-electron chi connectivity index (χ4n) is 6.00. The smallest absolute Gasteiger partial charge is 0.337 e. The minimum atomic E-state index is -0.598. The number of benzene rings is 4. The lowest BCUT2D eigenvalue weighted by molar-refractivity contribution is 0.0591. The Labute approximate surface area is 361 Å². The highest BCUT2D eigenvalue weighted by atomic mass is 79.9. The molecule has 2 fully saturated rings. The lowest BCUT2D eigenvalue weighted by Crippen LogP contribution is -2.52. The standard InChI is InChI=1S/C22H26FN3O3.C13H19N3O.C9H8BrFO2.CH4/c1-16-4-8-19(9-5-16)26(22(28)25-12-10-24(2)11-13-25)15-18-7-6-17(14-20(18)23)21(27)29-3;1-11-3-5-12(6-4-11)14-13(17)16-9-7-15(2)8-10-16;1-13-9(12)6-2-3-7(5-10)8(11)4-6;/h4-9,14H,10-13,15H2,1-3H3;3-6H,7-10H2,1-2H3,(H,14,17);2-4H,5H2,1H3;1H4. The van der Waals surface area contributed by atoms with Gasteiger partial charge in [-0.3, -0.25) is 4.90 Å². The lowest BCUT2D eigenvalue weighted by atomic mass is 10.1. The minimum Gasteiger partial charge on any atom is -0.465 e. The number of nitrogens with zero attached hydrogens (tertiary/aromatic N) is 5. The number of rotatable bonds is 7. The molecule has 2 aliphatic heterocycles. The Morgan fingerprint density at radius 2 is 1.08 bits per heavy atom. The molecule has 4 aromatic carbocycles. The van der Waals surface area contributed by atoms with Gasteiger partial charge in [0.15, 0.2) is 0 Å². The zero-order valence-corrected chi connectivity index (χ0v) is 36.1. The molecule has 0 aliphatic carbocycles. The molecule has 0 unspecified atom stereocenters. The quantitative estimate of drug-likeness (QED) is 0.146. The molecule has 4 aromatic rings. The Bertz CT molecular complexity index is 2020. The van der Waals surface area contributed by atoms with Gasteiger partial charge in [0.1, 0.15) is 11.6 Å². The number of nitrogens with one attached hydrogen (secondary N) is 1. The lowest BCUT2D eigenvalue weighted by Gasteiger charge is -2.36. The van der Waals surface area contributed by atoms with Crippen molar-refractivity contribution in [1.29, 1.82) is 0 Å². The number of piperazine rings is 2. The third-order valence-electron chi connectivity index (χ3n) is 9.86. The topological polar surface area (TPSA) is 115 Å². The molecule has 1 N–H and O–H groups in total. The number of halogens is 3. The Morgan fingerprint density at radius 3 is 1.52 bits per heavy atom. The van der Waals surface area contributed by atoms with Gasteiger partial charge in [0.25, 0.3) is 0 Å². The van der Waals surface area contributed by atoms with Crippen LogP contribution in [-0.4, -0.2) is 124 Å². The highest BCUT2D eigenvalue weighted by Gasteiger charge is 2.26. The molecule has 12 nitrogen and oxygen atoms in total. The van der Waals surface area contributed by atoms with Gasteiger partial charge < -0.3 is 34.4 Å². The first-order valence-corrected chi connectivity index (χ1v) is 20.3. The maximum absolute atomic E-state index is 14.7. The van der Waals surface area contributed by atoms with Crippen LogP contribution in [-0.2, 0) is 21.3 Å². The fraction of sp³-hybridized carbons (Fsp3) is 0.378. The number of carbonyl (C=O) groups is 4. The van der Waals surface area contributed by atoms with E-state index in [2.05, 4.69) is 47.6 Å². The van der Waals surface area contributed by atoms with E-state index < -0.39 is 23.6 Å². The van der Waals surface area contributed by atoms with Crippen molar-refractivity contribution >= 4 is 51.3 Å². The largest absolute Gasteiger partial charge is 0.465 e. The van der Waals surface area contributed by atoms with Gasteiger partial charge in [-0.05, 0) is 82.0 Å². The summed E-state index contributed by atoms with van der Waals surface area (Å²) in [5.74, 6) is -2.07. The number of aryl methyl sites for hydroxylation is 2. The number of ether oxygens (including phenoxy) is 2. The zero-order valence-electron chi connectivity index (χ0n) is 34.5. The number of likely N-dealkylation sites (N-methyl/N-ethyl adjacent to an activating group) is 2. The predicted molar refractivity (Wildman–Crippen MR) is 236 cm³/mol. The highest BCUT2D eigenvalue weighted by molar-refractivity contribution is 9.08. The van der Waals surface area contributed by atoms with Gasteiger partial charge in [-0.2, -0.15) is 0 Å². The number of anilines is 2. The number of esters is 2. The van der Waals surface area contributed by atoms with Crippen LogP contribution in [0.3, 0.4) is 0 Å². The molecular weight excluding hydrogens is 838 g/mol. The molecule has 0 saturated carbocycles. The van der Waals surface area contributed by atoms with Crippen LogP contribution in [0.25, 0.3) is 0 Å². The van der Waals surface area contributed by atoms with Crippen LogP contribution >= 0.6 is 15.9 Å². The second-order valence-electron chi connectivity index (χ2n) is 14.3. The van der Waals surface area contributed by atoms with Crippen LogP contribution < -0.4 is 10.2 Å². The monoisotopic (exact) mass is 894 g/mol. The molecule has 15 heteroatoms. The van der Waals surface area contributed by atoms with Crippen molar-refractivity contribution in [2.75, 3.05) is 90.9 Å². The molecule has 0 spiro atoms. The second kappa shape index (κ2) is 24.0. The number of hydrogen-bond acceptors (Lipinski definition) is 8. The average molecular weight is 896 g/mol. The molecule has 6 rings (SSSR count). The van der Waals surface area contributed by atoms with E-state index in [1.165, 1.54) is 44.0 Å². The first kappa shape index (κ1) is 49.0. The van der Waals surface area contributed by atoms with E-state index in [9.17, 15) is 28.0 Å². The first-order chi connectivity index (χ1) is 28.2. The molecule has 4 amide bonds. The zero-order chi connectivity index (χ0) is 43.1. The van der Waals surface area contributed by atoms with Gasteiger partial charge in [-0.15, -0.1) is 0 Å². The van der Waals surface area contributed by atoms with E-state index in [1.807, 2.05) is 74.3 Å². The van der Waals surface area contributed by atoms with E-state index in [0.717, 1.165) is 56.6 Å². The normalized spacial score (nSPS) is 13.9. The van der Waals surface area contributed by atoms with Crippen LogP contribution in [0.4, 0.5) is 29.7 Å². The highest BCUT2D eigenvalue weighted by Crippen LogP contribution is 2.23. The van der Waals surface area contributed by atoms with Crippen LogP contribution in [0.15, 0.2) is 84.9 Å². The molecule has 0 radical (unpaired) electrons. The second-order valence-corrected chi connectivity index (χ2v) is 14.9. The molecule has 0 bridgehead atoms. The van der Waals surface area contributed by atoms with Crippen LogP contribution in [0.2, 0.25) is 0 Å². The molecule has 2 saturated heterocycles. The van der Waals surface area contributed by atoms with Gasteiger partial charge in [0.05, 0.1) is 31.9 Å². The summed E-state index contributed by atoms with van der Waals surface area (Å²) in [6, 6.07) is 23.7. The summed E-state index contributed by atoms with van der Waals surface area (Å²) in [4.78, 5) is 57.5. The number of amides is 4. The molecule has 0 atom stereocenters. The summed E-state index contributed by atoms with van der Waals surface area (Å²) in [6.07, 6.45) is 0. The van der Waals surface area contributed by atoms with E-state index in [-0.39, 0.29) is 37.2 Å². The number of alkyl halides is 1. The van der Waals surface area contributed by atoms with Crippen molar-refractivity contribution in [3.63, 3.8) is 0 Å². The Kier molecular flexibility index (Phi) is 19.6. The summed E-state index contributed by atoms with van der Waals surface area (Å²) in [6.45, 7) is 10.4. The molecule has 0 aromatic heterocycles. The summed E-state index contributed by atoms with van der Waals surface area (Å²) < 4.78 is 36.9.